The van der Waals surface area contributed by atoms with E-state index in [-0.39, 0.29) is 12.5 Å². The van der Waals surface area contributed by atoms with Gasteiger partial charge in [-0.05, 0) is 42.7 Å². The largest absolute Gasteiger partial charge is 0.482 e. The van der Waals surface area contributed by atoms with Crippen LogP contribution in [0, 0.1) is 0 Å². The van der Waals surface area contributed by atoms with Gasteiger partial charge in [0.2, 0.25) is 5.91 Å². The van der Waals surface area contributed by atoms with Crippen LogP contribution in [0.25, 0.3) is 0 Å². The van der Waals surface area contributed by atoms with E-state index in [9.17, 15) is 9.59 Å². The molecule has 0 aliphatic heterocycles. The lowest BCUT2D eigenvalue weighted by atomic mass is 9.95. The maximum atomic E-state index is 12.8. The van der Waals surface area contributed by atoms with Gasteiger partial charge in [0, 0.05) is 16.2 Å². The van der Waals surface area contributed by atoms with Crippen LogP contribution >= 0.6 is 15.9 Å². The summed E-state index contributed by atoms with van der Waals surface area (Å²) < 4.78 is 10.9. The molecule has 0 bridgehead atoms. The fraction of sp³-hybridized carbons (Fsp3) is 0.263. The molecule has 2 aromatic carbocycles. The normalized spacial score (nSPS) is 14.5. The summed E-state index contributed by atoms with van der Waals surface area (Å²) in [5, 5.41) is 2.95. The van der Waals surface area contributed by atoms with Crippen molar-refractivity contribution in [2.75, 3.05) is 19.0 Å². The maximum absolute atomic E-state index is 12.8. The zero-order valence-corrected chi connectivity index (χ0v) is 15.3. The Kier molecular flexibility index (Phi) is 5.08. The molecule has 1 amide bonds. The Hall–Kier alpha value is -2.34. The van der Waals surface area contributed by atoms with E-state index in [2.05, 4.69) is 26.0 Å². The summed E-state index contributed by atoms with van der Waals surface area (Å²) in [7, 11) is 1.31. The molecule has 6 heteroatoms. The van der Waals surface area contributed by atoms with Crippen molar-refractivity contribution in [1.29, 1.82) is 0 Å². The van der Waals surface area contributed by atoms with E-state index < -0.39 is 11.4 Å². The van der Waals surface area contributed by atoms with Gasteiger partial charge in [0.25, 0.3) is 0 Å². The van der Waals surface area contributed by atoms with Gasteiger partial charge in [-0.3, -0.25) is 4.79 Å². The highest BCUT2D eigenvalue weighted by Gasteiger charge is 2.51. The third kappa shape index (κ3) is 4.02. The molecule has 1 saturated carbocycles. The van der Waals surface area contributed by atoms with Gasteiger partial charge in [0.05, 0.1) is 12.5 Å². The van der Waals surface area contributed by atoms with Gasteiger partial charge < -0.3 is 14.8 Å². The van der Waals surface area contributed by atoms with E-state index in [1.165, 1.54) is 7.11 Å². The summed E-state index contributed by atoms with van der Waals surface area (Å²) in [6.07, 6.45) is 1.66. The molecule has 0 atom stereocenters. The minimum atomic E-state index is -0.457. The Morgan fingerprint density at radius 1 is 1.16 bits per heavy atom. The SMILES string of the molecule is COC(=O)COc1cccc(NC(=O)C2(c3ccc(Br)cc3)CC2)c1. The molecule has 5 nitrogen and oxygen atoms in total. The summed E-state index contributed by atoms with van der Waals surface area (Å²) in [5.74, 6) is 0.0123. The average molecular weight is 404 g/mol. The fourth-order valence-electron chi connectivity index (χ4n) is 2.66. The third-order valence-corrected chi connectivity index (χ3v) is 4.79. The van der Waals surface area contributed by atoms with Gasteiger partial charge in [-0.25, -0.2) is 4.79 Å². The van der Waals surface area contributed by atoms with Crippen LogP contribution in [0.1, 0.15) is 18.4 Å². The second-order valence-electron chi connectivity index (χ2n) is 5.94. The quantitative estimate of drug-likeness (QED) is 0.747. The summed E-state index contributed by atoms with van der Waals surface area (Å²) in [6.45, 7) is -0.170. The minimum absolute atomic E-state index is 0.0278. The number of benzene rings is 2. The molecular formula is C19H18BrNO4. The number of rotatable bonds is 6. The number of esters is 1. The first kappa shape index (κ1) is 17.5. The van der Waals surface area contributed by atoms with E-state index in [1.807, 2.05) is 24.3 Å². The first-order chi connectivity index (χ1) is 12.0. The first-order valence-corrected chi connectivity index (χ1v) is 8.70. The van der Waals surface area contributed by atoms with E-state index in [1.54, 1.807) is 24.3 Å². The van der Waals surface area contributed by atoms with Crippen LogP contribution < -0.4 is 10.1 Å². The van der Waals surface area contributed by atoms with E-state index in [0.717, 1.165) is 22.9 Å². The van der Waals surface area contributed by atoms with Crippen LogP contribution in [-0.2, 0) is 19.7 Å². The number of anilines is 1. The molecule has 1 N–H and O–H groups in total. The van der Waals surface area contributed by atoms with Crippen LogP contribution in [-0.4, -0.2) is 25.6 Å². The zero-order chi connectivity index (χ0) is 17.9. The zero-order valence-electron chi connectivity index (χ0n) is 13.8. The van der Waals surface area contributed by atoms with Crippen molar-refractivity contribution in [1.82, 2.24) is 0 Å². The number of carbonyl (C=O) groups excluding carboxylic acids is 2. The minimum Gasteiger partial charge on any atom is -0.482 e. The lowest BCUT2D eigenvalue weighted by molar-refractivity contribution is -0.142. The molecule has 0 spiro atoms. The summed E-state index contributed by atoms with van der Waals surface area (Å²) >= 11 is 3.41. The van der Waals surface area contributed by atoms with Crippen molar-refractivity contribution in [3.8, 4) is 5.75 Å². The Morgan fingerprint density at radius 3 is 2.52 bits per heavy atom. The van der Waals surface area contributed by atoms with Gasteiger partial charge >= 0.3 is 5.97 Å². The fourth-order valence-corrected chi connectivity index (χ4v) is 2.92. The van der Waals surface area contributed by atoms with Crippen LogP contribution in [0.15, 0.2) is 53.0 Å². The molecule has 0 unspecified atom stereocenters. The van der Waals surface area contributed by atoms with Crippen molar-refractivity contribution in [2.45, 2.75) is 18.3 Å². The highest BCUT2D eigenvalue weighted by molar-refractivity contribution is 9.10. The lowest BCUT2D eigenvalue weighted by Gasteiger charge is -2.16. The number of hydrogen-bond acceptors (Lipinski definition) is 4. The standard InChI is InChI=1S/C19H18BrNO4/c1-24-17(22)12-25-16-4-2-3-15(11-16)21-18(23)19(9-10-19)13-5-7-14(20)8-6-13/h2-8,11H,9-10,12H2,1H3,(H,21,23). The Balaban J connectivity index is 1.69. The number of carbonyl (C=O) groups is 2. The van der Waals surface area contributed by atoms with Crippen LogP contribution in [0.3, 0.4) is 0 Å². The van der Waals surface area contributed by atoms with Gasteiger partial charge in [0.1, 0.15) is 5.75 Å². The van der Waals surface area contributed by atoms with E-state index >= 15 is 0 Å². The Bertz CT molecular complexity index is 784. The number of hydrogen-bond donors (Lipinski definition) is 1. The number of methoxy groups -OCH3 is 1. The van der Waals surface area contributed by atoms with Crippen molar-refractivity contribution in [3.63, 3.8) is 0 Å². The summed E-state index contributed by atoms with van der Waals surface area (Å²) in [4.78, 5) is 23.9. The topological polar surface area (TPSA) is 64.6 Å². The van der Waals surface area contributed by atoms with Crippen molar-refractivity contribution >= 4 is 33.5 Å². The van der Waals surface area contributed by atoms with Gasteiger partial charge in [-0.15, -0.1) is 0 Å². The van der Waals surface area contributed by atoms with Crippen molar-refractivity contribution in [2.24, 2.45) is 0 Å². The van der Waals surface area contributed by atoms with Crippen LogP contribution in [0.5, 0.6) is 5.75 Å². The number of nitrogens with one attached hydrogen (secondary N) is 1. The third-order valence-electron chi connectivity index (χ3n) is 4.26. The van der Waals surface area contributed by atoms with E-state index in [0.29, 0.717) is 11.4 Å². The predicted octanol–water partition coefficient (Wildman–Crippen LogP) is 3.67. The Morgan fingerprint density at radius 2 is 1.88 bits per heavy atom. The van der Waals surface area contributed by atoms with E-state index in [4.69, 9.17) is 4.74 Å². The summed E-state index contributed by atoms with van der Waals surface area (Å²) in [6, 6.07) is 14.8. The van der Waals surface area contributed by atoms with Gasteiger partial charge in [0.15, 0.2) is 6.61 Å². The molecular weight excluding hydrogens is 386 g/mol. The highest BCUT2D eigenvalue weighted by Crippen LogP contribution is 2.49. The van der Waals surface area contributed by atoms with Crippen LogP contribution in [0.4, 0.5) is 5.69 Å². The molecule has 0 aromatic heterocycles. The predicted molar refractivity (Wildman–Crippen MR) is 97.6 cm³/mol. The van der Waals surface area contributed by atoms with Crippen LogP contribution in [0.2, 0.25) is 0 Å². The molecule has 130 valence electrons. The second kappa shape index (κ2) is 7.27. The molecule has 1 fully saturated rings. The molecule has 2 aromatic rings. The molecule has 0 saturated heterocycles. The van der Waals surface area contributed by atoms with Crippen molar-refractivity contribution in [3.05, 3.63) is 58.6 Å². The number of ether oxygens (including phenoxy) is 2. The molecule has 0 heterocycles. The van der Waals surface area contributed by atoms with Crippen molar-refractivity contribution < 1.29 is 19.1 Å². The number of halogens is 1. The first-order valence-electron chi connectivity index (χ1n) is 7.91. The second-order valence-corrected chi connectivity index (χ2v) is 6.85. The molecule has 1 aliphatic rings. The molecule has 0 radical (unpaired) electrons. The van der Waals surface area contributed by atoms with Gasteiger partial charge in [-0.2, -0.15) is 0 Å². The molecule has 1 aliphatic carbocycles. The Labute approximate surface area is 154 Å². The average Bonchev–Trinajstić information content (AvgIpc) is 3.42. The molecule has 25 heavy (non-hydrogen) atoms. The lowest BCUT2D eigenvalue weighted by Crippen LogP contribution is -2.27. The highest BCUT2D eigenvalue weighted by atomic mass is 79.9. The smallest absolute Gasteiger partial charge is 0.343 e. The maximum Gasteiger partial charge on any atom is 0.343 e. The monoisotopic (exact) mass is 403 g/mol. The number of amides is 1. The van der Waals surface area contributed by atoms with Gasteiger partial charge in [-0.1, -0.05) is 34.1 Å². The molecule has 3 rings (SSSR count). The summed E-state index contributed by atoms with van der Waals surface area (Å²) in [5.41, 5.74) is 1.20.